The largest absolute Gasteiger partial charge is 0.384 e. The Labute approximate surface area is 136 Å². The summed E-state index contributed by atoms with van der Waals surface area (Å²) in [5, 5.41) is 0.517. The van der Waals surface area contributed by atoms with Gasteiger partial charge in [0.05, 0.1) is 17.2 Å². The number of hydrogen-bond donors (Lipinski definition) is 0. The molecule has 0 N–H and O–H groups in total. The normalized spacial score (nSPS) is 23.9. The standard InChI is InChI=1S/C17H22ClNO3/c1-21-11-13-10-19(12-17(13)6-8-22-9-7-17)16(20)14-4-2-3-5-15(14)18/h2-5,13H,6-12H2,1H3. The lowest BCUT2D eigenvalue weighted by atomic mass is 9.72. The molecule has 1 aromatic rings. The Hall–Kier alpha value is -1.10. The van der Waals surface area contributed by atoms with E-state index >= 15 is 0 Å². The molecule has 2 saturated heterocycles. The molecule has 0 aliphatic carbocycles. The van der Waals surface area contributed by atoms with Crippen LogP contribution in [0.3, 0.4) is 0 Å². The lowest BCUT2D eigenvalue weighted by molar-refractivity contribution is -0.0169. The molecule has 120 valence electrons. The second-order valence-corrected chi connectivity index (χ2v) is 6.70. The number of carbonyl (C=O) groups is 1. The second-order valence-electron chi connectivity index (χ2n) is 6.29. The zero-order valence-electron chi connectivity index (χ0n) is 12.9. The summed E-state index contributed by atoms with van der Waals surface area (Å²) in [5.41, 5.74) is 0.718. The summed E-state index contributed by atoms with van der Waals surface area (Å²) in [4.78, 5) is 14.8. The highest BCUT2D eigenvalue weighted by molar-refractivity contribution is 6.33. The van der Waals surface area contributed by atoms with Crippen molar-refractivity contribution in [3.8, 4) is 0 Å². The highest BCUT2D eigenvalue weighted by Gasteiger charge is 2.48. The van der Waals surface area contributed by atoms with Crippen LogP contribution >= 0.6 is 11.6 Å². The summed E-state index contributed by atoms with van der Waals surface area (Å²) in [7, 11) is 1.73. The molecule has 0 bridgehead atoms. The topological polar surface area (TPSA) is 38.8 Å². The number of likely N-dealkylation sites (tertiary alicyclic amines) is 1. The average molecular weight is 324 g/mol. The van der Waals surface area contributed by atoms with Gasteiger partial charge in [-0.25, -0.2) is 0 Å². The maximum atomic E-state index is 12.8. The Morgan fingerprint density at radius 3 is 2.82 bits per heavy atom. The van der Waals surface area contributed by atoms with Gasteiger partial charge < -0.3 is 14.4 Å². The maximum Gasteiger partial charge on any atom is 0.255 e. The smallest absolute Gasteiger partial charge is 0.255 e. The summed E-state index contributed by atoms with van der Waals surface area (Å²) in [6.07, 6.45) is 1.99. The van der Waals surface area contributed by atoms with Gasteiger partial charge in [0.15, 0.2) is 0 Å². The molecule has 1 aromatic carbocycles. The number of ether oxygens (including phenoxy) is 2. The molecule has 0 saturated carbocycles. The van der Waals surface area contributed by atoms with Gasteiger partial charge in [0, 0.05) is 39.3 Å². The molecule has 2 aliphatic rings. The number of carbonyl (C=O) groups excluding carboxylic acids is 1. The molecular weight excluding hydrogens is 302 g/mol. The average Bonchev–Trinajstić information content (AvgIpc) is 2.87. The minimum absolute atomic E-state index is 0.0232. The zero-order chi connectivity index (χ0) is 15.6. The first-order chi connectivity index (χ1) is 10.7. The van der Waals surface area contributed by atoms with Crippen molar-refractivity contribution < 1.29 is 14.3 Å². The molecule has 0 radical (unpaired) electrons. The molecule has 2 heterocycles. The van der Waals surface area contributed by atoms with Gasteiger partial charge in [-0.15, -0.1) is 0 Å². The van der Waals surface area contributed by atoms with E-state index in [2.05, 4.69) is 0 Å². The Morgan fingerprint density at radius 1 is 1.41 bits per heavy atom. The van der Waals surface area contributed by atoms with Gasteiger partial charge in [0.2, 0.25) is 0 Å². The van der Waals surface area contributed by atoms with Crippen LogP contribution in [0.15, 0.2) is 24.3 Å². The van der Waals surface area contributed by atoms with E-state index in [1.165, 1.54) is 0 Å². The van der Waals surface area contributed by atoms with Crippen LogP contribution in [0.25, 0.3) is 0 Å². The number of hydrogen-bond acceptors (Lipinski definition) is 3. The van der Waals surface area contributed by atoms with Crippen molar-refractivity contribution in [3.63, 3.8) is 0 Å². The van der Waals surface area contributed by atoms with Crippen LogP contribution in [0.5, 0.6) is 0 Å². The number of amides is 1. The van der Waals surface area contributed by atoms with E-state index in [1.54, 1.807) is 19.2 Å². The quantitative estimate of drug-likeness (QED) is 0.858. The van der Waals surface area contributed by atoms with Crippen LogP contribution in [0.1, 0.15) is 23.2 Å². The van der Waals surface area contributed by atoms with Crippen molar-refractivity contribution in [2.75, 3.05) is 40.0 Å². The Balaban J connectivity index is 1.81. The molecule has 5 heteroatoms. The molecule has 1 unspecified atom stereocenters. The number of nitrogens with zero attached hydrogens (tertiary/aromatic N) is 1. The van der Waals surface area contributed by atoms with Crippen LogP contribution in [0.2, 0.25) is 5.02 Å². The molecule has 1 amide bonds. The number of benzene rings is 1. The van der Waals surface area contributed by atoms with Gasteiger partial charge in [-0.3, -0.25) is 4.79 Å². The monoisotopic (exact) mass is 323 g/mol. The van der Waals surface area contributed by atoms with E-state index in [-0.39, 0.29) is 11.3 Å². The Bertz CT molecular complexity index is 542. The van der Waals surface area contributed by atoms with Gasteiger partial charge in [0.1, 0.15) is 0 Å². The molecule has 2 aliphatic heterocycles. The highest BCUT2D eigenvalue weighted by atomic mass is 35.5. The van der Waals surface area contributed by atoms with Gasteiger partial charge in [0.25, 0.3) is 5.91 Å². The van der Waals surface area contributed by atoms with E-state index < -0.39 is 0 Å². The van der Waals surface area contributed by atoms with Gasteiger partial charge in [-0.1, -0.05) is 23.7 Å². The first kappa shape index (κ1) is 15.8. The van der Waals surface area contributed by atoms with E-state index in [9.17, 15) is 4.79 Å². The number of rotatable bonds is 3. The van der Waals surface area contributed by atoms with Crippen molar-refractivity contribution >= 4 is 17.5 Å². The van der Waals surface area contributed by atoms with E-state index in [4.69, 9.17) is 21.1 Å². The Kier molecular flexibility index (Phi) is 4.71. The van der Waals surface area contributed by atoms with Crippen LogP contribution in [-0.2, 0) is 9.47 Å². The van der Waals surface area contributed by atoms with Crippen LogP contribution in [-0.4, -0.2) is 50.8 Å². The number of halogens is 1. The van der Waals surface area contributed by atoms with Gasteiger partial charge in [-0.2, -0.15) is 0 Å². The SMILES string of the molecule is COCC1CN(C(=O)c2ccccc2Cl)CC12CCOCC2. The summed E-state index contributed by atoms with van der Waals surface area (Å²) in [6, 6.07) is 7.26. The van der Waals surface area contributed by atoms with Crippen molar-refractivity contribution in [3.05, 3.63) is 34.9 Å². The molecule has 1 atom stereocenters. The van der Waals surface area contributed by atoms with Crippen molar-refractivity contribution in [1.29, 1.82) is 0 Å². The molecule has 22 heavy (non-hydrogen) atoms. The molecular formula is C17H22ClNO3. The predicted molar refractivity (Wildman–Crippen MR) is 85.2 cm³/mol. The summed E-state index contributed by atoms with van der Waals surface area (Å²) < 4.78 is 10.9. The number of methoxy groups -OCH3 is 1. The summed E-state index contributed by atoms with van der Waals surface area (Å²) >= 11 is 6.18. The molecule has 3 rings (SSSR count). The molecule has 4 nitrogen and oxygen atoms in total. The van der Waals surface area contributed by atoms with Gasteiger partial charge in [-0.05, 0) is 30.4 Å². The fraction of sp³-hybridized carbons (Fsp3) is 0.588. The maximum absolute atomic E-state index is 12.8. The molecule has 0 aromatic heterocycles. The molecule has 1 spiro atoms. The van der Waals surface area contributed by atoms with Crippen molar-refractivity contribution in [1.82, 2.24) is 4.90 Å². The third-order valence-corrected chi connectivity index (χ3v) is 5.39. The third kappa shape index (κ3) is 2.87. The van der Waals surface area contributed by atoms with E-state index in [0.717, 1.165) is 39.1 Å². The van der Waals surface area contributed by atoms with Crippen LogP contribution in [0.4, 0.5) is 0 Å². The molecule has 2 fully saturated rings. The second kappa shape index (κ2) is 6.57. The highest BCUT2D eigenvalue weighted by Crippen LogP contribution is 2.44. The summed E-state index contributed by atoms with van der Waals surface area (Å²) in [5.74, 6) is 0.392. The van der Waals surface area contributed by atoms with Crippen molar-refractivity contribution in [2.24, 2.45) is 11.3 Å². The van der Waals surface area contributed by atoms with Gasteiger partial charge >= 0.3 is 0 Å². The lowest BCUT2D eigenvalue weighted by Gasteiger charge is -2.37. The predicted octanol–water partition coefficient (Wildman–Crippen LogP) is 2.86. The minimum atomic E-state index is 0.0232. The van der Waals surface area contributed by atoms with Crippen molar-refractivity contribution in [2.45, 2.75) is 12.8 Å². The van der Waals surface area contributed by atoms with Crippen LogP contribution < -0.4 is 0 Å². The summed E-state index contributed by atoms with van der Waals surface area (Å²) in [6.45, 7) is 3.74. The zero-order valence-corrected chi connectivity index (χ0v) is 13.6. The van der Waals surface area contributed by atoms with E-state index in [1.807, 2.05) is 17.0 Å². The Morgan fingerprint density at radius 2 is 2.14 bits per heavy atom. The van der Waals surface area contributed by atoms with E-state index in [0.29, 0.717) is 23.1 Å². The first-order valence-electron chi connectivity index (χ1n) is 7.77. The minimum Gasteiger partial charge on any atom is -0.384 e. The lowest BCUT2D eigenvalue weighted by Crippen LogP contribution is -2.39. The fourth-order valence-electron chi connectivity index (χ4n) is 3.77. The van der Waals surface area contributed by atoms with Crippen LogP contribution in [0, 0.1) is 11.3 Å². The fourth-order valence-corrected chi connectivity index (χ4v) is 3.98. The first-order valence-corrected chi connectivity index (χ1v) is 8.14. The third-order valence-electron chi connectivity index (χ3n) is 5.06.